The number of hydrogen-bond donors (Lipinski definition) is 1. The Morgan fingerprint density at radius 3 is 2.33 bits per heavy atom. The molecule has 2 aromatic carbocycles. The molecule has 0 radical (unpaired) electrons. The van der Waals surface area contributed by atoms with Gasteiger partial charge in [0.15, 0.2) is 0 Å². The summed E-state index contributed by atoms with van der Waals surface area (Å²) in [6.45, 7) is 2.13. The number of ether oxygens (including phenoxy) is 1. The molecule has 128 valence electrons. The molecule has 0 saturated carbocycles. The average molecular weight is 391 g/mol. The molecule has 24 heavy (non-hydrogen) atoms. The van der Waals surface area contributed by atoms with E-state index in [4.69, 9.17) is 4.74 Å². The third kappa shape index (κ3) is 4.74. The summed E-state index contributed by atoms with van der Waals surface area (Å²) in [5.41, 5.74) is 1.88. The van der Waals surface area contributed by atoms with Gasteiger partial charge in [-0.3, -0.25) is 0 Å². The van der Waals surface area contributed by atoms with Crippen LogP contribution in [0.25, 0.3) is 0 Å². The van der Waals surface area contributed by atoms with Crippen LogP contribution < -0.4 is 10.1 Å². The van der Waals surface area contributed by atoms with Gasteiger partial charge in [0.2, 0.25) is 0 Å². The molecule has 0 saturated heterocycles. The number of carbonyl (C=O) groups excluding carboxylic acids is 1. The molecule has 0 spiro atoms. The van der Waals surface area contributed by atoms with Gasteiger partial charge in [-0.2, -0.15) is 0 Å². The van der Waals surface area contributed by atoms with E-state index in [9.17, 15) is 4.79 Å². The molecule has 0 heterocycles. The largest absolute Gasteiger partial charge is 0.497 e. The van der Waals surface area contributed by atoms with E-state index < -0.39 is 0 Å². The van der Waals surface area contributed by atoms with Crippen LogP contribution in [0.4, 0.5) is 10.5 Å². The number of hydrogen-bond acceptors (Lipinski definition) is 2. The molecule has 5 heteroatoms. The van der Waals surface area contributed by atoms with Gasteiger partial charge in [-0.1, -0.05) is 41.4 Å². The molecule has 2 rings (SSSR count). The highest BCUT2D eigenvalue weighted by molar-refractivity contribution is 9.10. The van der Waals surface area contributed by atoms with Crippen molar-refractivity contribution in [3.8, 4) is 5.75 Å². The Morgan fingerprint density at radius 2 is 1.79 bits per heavy atom. The lowest BCUT2D eigenvalue weighted by molar-refractivity contribution is 0.200. The second-order valence-electron chi connectivity index (χ2n) is 5.63. The number of rotatable bonds is 6. The Kier molecular flexibility index (Phi) is 6.67. The number of halogens is 1. The maximum Gasteiger partial charge on any atom is 0.322 e. The van der Waals surface area contributed by atoms with Crippen molar-refractivity contribution in [2.45, 2.75) is 25.8 Å². The van der Waals surface area contributed by atoms with Crippen molar-refractivity contribution >= 4 is 27.6 Å². The Hall–Kier alpha value is -2.01. The number of amides is 2. The molecule has 0 aliphatic heterocycles. The highest BCUT2D eigenvalue weighted by Gasteiger charge is 2.21. The Balaban J connectivity index is 2.11. The molecule has 2 aromatic rings. The van der Waals surface area contributed by atoms with E-state index in [1.54, 1.807) is 12.0 Å². The molecule has 4 nitrogen and oxygen atoms in total. The molecule has 0 aliphatic rings. The fraction of sp³-hybridized carbons (Fsp3) is 0.316. The highest BCUT2D eigenvalue weighted by atomic mass is 79.9. The van der Waals surface area contributed by atoms with Gasteiger partial charge in [0, 0.05) is 17.2 Å². The van der Waals surface area contributed by atoms with Crippen LogP contribution in [0.15, 0.2) is 53.0 Å². The van der Waals surface area contributed by atoms with Crippen LogP contribution in [-0.4, -0.2) is 25.1 Å². The fourth-order valence-corrected chi connectivity index (χ4v) is 2.83. The number of anilines is 1. The topological polar surface area (TPSA) is 41.6 Å². The summed E-state index contributed by atoms with van der Waals surface area (Å²) in [5, 5.41) is 2.94. The van der Waals surface area contributed by atoms with Gasteiger partial charge in [-0.15, -0.1) is 0 Å². The summed E-state index contributed by atoms with van der Waals surface area (Å²) >= 11 is 3.45. The van der Waals surface area contributed by atoms with E-state index in [0.717, 1.165) is 34.3 Å². The predicted octanol–water partition coefficient (Wildman–Crippen LogP) is 5.46. The number of benzene rings is 2. The van der Waals surface area contributed by atoms with Gasteiger partial charge >= 0.3 is 6.03 Å². The number of nitrogens with zero attached hydrogens (tertiary/aromatic N) is 1. The molecule has 1 N–H and O–H groups in total. The molecule has 1 atom stereocenters. The lowest BCUT2D eigenvalue weighted by Crippen LogP contribution is -2.34. The van der Waals surface area contributed by atoms with Crippen molar-refractivity contribution in [1.82, 2.24) is 4.90 Å². The summed E-state index contributed by atoms with van der Waals surface area (Å²) in [6, 6.07) is 15.4. The van der Waals surface area contributed by atoms with Crippen LogP contribution in [0.1, 0.15) is 31.4 Å². The maximum atomic E-state index is 12.6. The molecular weight excluding hydrogens is 368 g/mol. The first-order chi connectivity index (χ1) is 11.5. The third-order valence-electron chi connectivity index (χ3n) is 3.95. The quantitative estimate of drug-likeness (QED) is 0.710. The first-order valence-electron chi connectivity index (χ1n) is 7.98. The second-order valence-corrected chi connectivity index (χ2v) is 6.54. The summed E-state index contributed by atoms with van der Waals surface area (Å²) in [6.07, 6.45) is 1.91. The van der Waals surface area contributed by atoms with Gasteiger partial charge in [-0.25, -0.2) is 4.79 Å². The molecule has 0 fully saturated rings. The summed E-state index contributed by atoms with van der Waals surface area (Å²) in [4.78, 5) is 14.4. The summed E-state index contributed by atoms with van der Waals surface area (Å²) in [7, 11) is 3.45. The second kappa shape index (κ2) is 8.73. The predicted molar refractivity (Wildman–Crippen MR) is 102 cm³/mol. The lowest BCUT2D eigenvalue weighted by Gasteiger charge is -2.28. The minimum Gasteiger partial charge on any atom is -0.497 e. The molecule has 0 aliphatic carbocycles. The van der Waals surface area contributed by atoms with Crippen LogP contribution in [0, 0.1) is 0 Å². The van der Waals surface area contributed by atoms with E-state index in [1.165, 1.54) is 0 Å². The zero-order chi connectivity index (χ0) is 17.5. The zero-order valence-corrected chi connectivity index (χ0v) is 15.8. The van der Waals surface area contributed by atoms with Gasteiger partial charge in [0.05, 0.1) is 13.2 Å². The minimum absolute atomic E-state index is 0.0429. The van der Waals surface area contributed by atoms with E-state index in [0.29, 0.717) is 0 Å². The zero-order valence-electron chi connectivity index (χ0n) is 14.3. The normalized spacial score (nSPS) is 11.7. The first kappa shape index (κ1) is 18.3. The maximum absolute atomic E-state index is 12.6. The molecular formula is C19H23BrN2O2. The van der Waals surface area contributed by atoms with E-state index >= 15 is 0 Å². The standard InChI is InChI=1S/C19H23BrN2O2/c1-4-5-18(14-6-8-15(20)9-7-14)22(2)19(23)21-16-10-12-17(24-3)13-11-16/h6-13,18H,4-5H2,1-3H3,(H,21,23). The van der Waals surface area contributed by atoms with Crippen molar-refractivity contribution in [1.29, 1.82) is 0 Å². The van der Waals surface area contributed by atoms with Gasteiger partial charge in [0.1, 0.15) is 5.75 Å². The van der Waals surface area contributed by atoms with E-state index in [1.807, 2.05) is 43.4 Å². The number of carbonyl (C=O) groups is 1. The van der Waals surface area contributed by atoms with Crippen molar-refractivity contribution in [2.75, 3.05) is 19.5 Å². The Morgan fingerprint density at radius 1 is 1.17 bits per heavy atom. The van der Waals surface area contributed by atoms with Gasteiger partial charge in [0.25, 0.3) is 0 Å². The van der Waals surface area contributed by atoms with Crippen LogP contribution in [0.5, 0.6) is 5.75 Å². The molecule has 1 unspecified atom stereocenters. The Labute approximate surface area is 151 Å². The summed E-state index contributed by atoms with van der Waals surface area (Å²) in [5.74, 6) is 0.764. The number of methoxy groups -OCH3 is 1. The molecule has 2 amide bonds. The SMILES string of the molecule is CCCC(c1ccc(Br)cc1)N(C)C(=O)Nc1ccc(OC)cc1. The van der Waals surface area contributed by atoms with Crippen LogP contribution >= 0.6 is 15.9 Å². The van der Waals surface area contributed by atoms with Crippen LogP contribution in [0.2, 0.25) is 0 Å². The average Bonchev–Trinajstić information content (AvgIpc) is 2.60. The van der Waals surface area contributed by atoms with Crippen LogP contribution in [0.3, 0.4) is 0 Å². The monoisotopic (exact) mass is 390 g/mol. The Bertz CT molecular complexity index is 656. The highest BCUT2D eigenvalue weighted by Crippen LogP contribution is 2.27. The molecule has 0 bridgehead atoms. The third-order valence-corrected chi connectivity index (χ3v) is 4.47. The van der Waals surface area contributed by atoms with Gasteiger partial charge in [-0.05, 0) is 48.4 Å². The van der Waals surface area contributed by atoms with Crippen LogP contribution in [-0.2, 0) is 0 Å². The summed E-state index contributed by atoms with van der Waals surface area (Å²) < 4.78 is 6.17. The van der Waals surface area contributed by atoms with Crippen molar-refractivity contribution < 1.29 is 9.53 Å². The number of urea groups is 1. The van der Waals surface area contributed by atoms with Crippen molar-refractivity contribution in [3.05, 3.63) is 58.6 Å². The molecule has 0 aromatic heterocycles. The van der Waals surface area contributed by atoms with E-state index in [-0.39, 0.29) is 12.1 Å². The minimum atomic E-state index is -0.124. The smallest absolute Gasteiger partial charge is 0.322 e. The number of nitrogens with one attached hydrogen (secondary N) is 1. The fourth-order valence-electron chi connectivity index (χ4n) is 2.57. The lowest BCUT2D eigenvalue weighted by atomic mass is 10.0. The first-order valence-corrected chi connectivity index (χ1v) is 8.77. The van der Waals surface area contributed by atoms with Crippen molar-refractivity contribution in [2.24, 2.45) is 0 Å². The van der Waals surface area contributed by atoms with Gasteiger partial charge < -0.3 is 15.0 Å². The van der Waals surface area contributed by atoms with E-state index in [2.05, 4.69) is 40.3 Å². The van der Waals surface area contributed by atoms with Crippen molar-refractivity contribution in [3.63, 3.8) is 0 Å².